The molecule has 0 saturated carbocycles. The molecule has 4 nitrogen and oxygen atoms in total. The van der Waals surface area contributed by atoms with E-state index in [9.17, 15) is 0 Å². The number of nitrogens with two attached hydrogens (primary N) is 1. The minimum absolute atomic E-state index is 0.594. The maximum atomic E-state index is 5.68. The molecule has 0 amide bonds. The Labute approximate surface area is 110 Å². The van der Waals surface area contributed by atoms with E-state index in [2.05, 4.69) is 34.7 Å². The molecule has 0 aliphatic carbocycles. The minimum atomic E-state index is 0.594. The van der Waals surface area contributed by atoms with Gasteiger partial charge in [-0.1, -0.05) is 13.0 Å². The summed E-state index contributed by atoms with van der Waals surface area (Å²) < 4.78 is 0. The number of pyridine rings is 1. The number of anilines is 1. The summed E-state index contributed by atoms with van der Waals surface area (Å²) in [4.78, 5) is 9.48. The zero-order valence-electron chi connectivity index (χ0n) is 11.5. The highest BCUT2D eigenvalue weighted by atomic mass is 15.3. The first-order chi connectivity index (χ1) is 8.76. The van der Waals surface area contributed by atoms with E-state index in [1.807, 2.05) is 12.3 Å². The lowest BCUT2D eigenvalue weighted by molar-refractivity contribution is 0.199. The van der Waals surface area contributed by atoms with Crippen LogP contribution in [0.4, 0.5) is 5.82 Å². The Kier molecular flexibility index (Phi) is 4.55. The Bertz CT molecular complexity index is 380. The number of nitrogens with zero attached hydrogens (tertiary/aromatic N) is 3. The Balaban J connectivity index is 2.12. The van der Waals surface area contributed by atoms with Gasteiger partial charge in [0.05, 0.1) is 0 Å². The average Bonchev–Trinajstić information content (AvgIpc) is 2.40. The SMILES string of the molecule is CCN1CCN(c2ncccc2CCN)CC1C. The molecule has 0 bridgehead atoms. The lowest BCUT2D eigenvalue weighted by atomic mass is 10.1. The van der Waals surface area contributed by atoms with E-state index < -0.39 is 0 Å². The molecule has 0 spiro atoms. The van der Waals surface area contributed by atoms with Gasteiger partial charge in [-0.3, -0.25) is 4.90 Å². The normalized spacial score (nSPS) is 21.3. The molecule has 100 valence electrons. The first kappa shape index (κ1) is 13.3. The Morgan fingerprint density at radius 2 is 2.28 bits per heavy atom. The molecule has 1 aliphatic rings. The van der Waals surface area contributed by atoms with Crippen LogP contribution in [0, 0.1) is 0 Å². The highest BCUT2D eigenvalue weighted by Crippen LogP contribution is 2.21. The van der Waals surface area contributed by atoms with Crippen molar-refractivity contribution in [1.29, 1.82) is 0 Å². The monoisotopic (exact) mass is 248 g/mol. The minimum Gasteiger partial charge on any atom is -0.354 e. The summed E-state index contributed by atoms with van der Waals surface area (Å²) in [6.45, 7) is 9.58. The summed E-state index contributed by atoms with van der Waals surface area (Å²) in [5.74, 6) is 1.13. The Morgan fingerprint density at radius 1 is 1.44 bits per heavy atom. The second-order valence-electron chi connectivity index (χ2n) is 4.95. The fourth-order valence-corrected chi connectivity index (χ4v) is 2.72. The highest BCUT2D eigenvalue weighted by Gasteiger charge is 2.24. The van der Waals surface area contributed by atoms with Crippen molar-refractivity contribution in [2.75, 3.05) is 37.6 Å². The molecule has 4 heteroatoms. The van der Waals surface area contributed by atoms with Crippen LogP contribution in [0.15, 0.2) is 18.3 Å². The molecular weight excluding hydrogens is 224 g/mol. The molecule has 1 unspecified atom stereocenters. The molecular formula is C14H24N4. The van der Waals surface area contributed by atoms with Crippen molar-refractivity contribution in [2.24, 2.45) is 5.73 Å². The predicted octanol–water partition coefficient (Wildman–Crippen LogP) is 1.11. The van der Waals surface area contributed by atoms with Gasteiger partial charge in [-0.05, 0) is 38.1 Å². The first-order valence-corrected chi connectivity index (χ1v) is 6.89. The van der Waals surface area contributed by atoms with Crippen molar-refractivity contribution < 1.29 is 0 Å². The van der Waals surface area contributed by atoms with Gasteiger partial charge in [0.15, 0.2) is 0 Å². The van der Waals surface area contributed by atoms with E-state index in [1.165, 1.54) is 5.56 Å². The van der Waals surface area contributed by atoms with Crippen LogP contribution < -0.4 is 10.6 Å². The fourth-order valence-electron chi connectivity index (χ4n) is 2.72. The topological polar surface area (TPSA) is 45.4 Å². The summed E-state index contributed by atoms with van der Waals surface area (Å²) in [5, 5.41) is 0. The number of likely N-dealkylation sites (N-methyl/N-ethyl adjacent to an activating group) is 1. The van der Waals surface area contributed by atoms with Gasteiger partial charge in [-0.2, -0.15) is 0 Å². The molecule has 1 atom stereocenters. The van der Waals surface area contributed by atoms with Gasteiger partial charge in [-0.25, -0.2) is 4.98 Å². The molecule has 2 rings (SSSR count). The van der Waals surface area contributed by atoms with Crippen molar-refractivity contribution in [1.82, 2.24) is 9.88 Å². The first-order valence-electron chi connectivity index (χ1n) is 6.89. The molecule has 1 aromatic heterocycles. The third kappa shape index (κ3) is 2.82. The largest absolute Gasteiger partial charge is 0.354 e. The van der Waals surface area contributed by atoms with Crippen molar-refractivity contribution in [2.45, 2.75) is 26.3 Å². The smallest absolute Gasteiger partial charge is 0.131 e. The van der Waals surface area contributed by atoms with Gasteiger partial charge in [-0.15, -0.1) is 0 Å². The van der Waals surface area contributed by atoms with Crippen LogP contribution in [-0.2, 0) is 6.42 Å². The summed E-state index contributed by atoms with van der Waals surface area (Å²) in [5.41, 5.74) is 6.95. The summed E-state index contributed by atoms with van der Waals surface area (Å²) in [7, 11) is 0. The van der Waals surface area contributed by atoms with E-state index in [1.54, 1.807) is 0 Å². The van der Waals surface area contributed by atoms with E-state index in [0.717, 1.165) is 38.4 Å². The van der Waals surface area contributed by atoms with Crippen molar-refractivity contribution >= 4 is 5.82 Å². The van der Waals surface area contributed by atoms with Gasteiger partial charge < -0.3 is 10.6 Å². The van der Waals surface area contributed by atoms with Crippen LogP contribution >= 0.6 is 0 Å². The predicted molar refractivity (Wildman–Crippen MR) is 75.9 cm³/mol. The highest BCUT2D eigenvalue weighted by molar-refractivity contribution is 5.47. The number of hydrogen-bond donors (Lipinski definition) is 1. The number of hydrogen-bond acceptors (Lipinski definition) is 4. The quantitative estimate of drug-likeness (QED) is 0.867. The molecule has 1 aliphatic heterocycles. The van der Waals surface area contributed by atoms with E-state index in [4.69, 9.17) is 5.73 Å². The molecule has 2 heterocycles. The van der Waals surface area contributed by atoms with Crippen LogP contribution in [0.5, 0.6) is 0 Å². The summed E-state index contributed by atoms with van der Waals surface area (Å²) in [6, 6.07) is 4.74. The van der Waals surface area contributed by atoms with E-state index in [-0.39, 0.29) is 0 Å². The van der Waals surface area contributed by atoms with Crippen LogP contribution in [-0.4, -0.2) is 48.6 Å². The molecule has 1 aromatic rings. The molecule has 1 fully saturated rings. The molecule has 1 saturated heterocycles. The number of piperazine rings is 1. The lowest BCUT2D eigenvalue weighted by Gasteiger charge is -2.40. The van der Waals surface area contributed by atoms with E-state index in [0.29, 0.717) is 12.6 Å². The van der Waals surface area contributed by atoms with E-state index >= 15 is 0 Å². The van der Waals surface area contributed by atoms with Gasteiger partial charge in [0.25, 0.3) is 0 Å². The van der Waals surface area contributed by atoms with Crippen molar-refractivity contribution in [3.05, 3.63) is 23.9 Å². The maximum Gasteiger partial charge on any atom is 0.131 e. The van der Waals surface area contributed by atoms with Gasteiger partial charge in [0.1, 0.15) is 5.82 Å². The molecule has 18 heavy (non-hydrogen) atoms. The van der Waals surface area contributed by atoms with Crippen LogP contribution in [0.25, 0.3) is 0 Å². The number of rotatable bonds is 4. The Morgan fingerprint density at radius 3 is 2.94 bits per heavy atom. The summed E-state index contributed by atoms with van der Waals surface area (Å²) >= 11 is 0. The summed E-state index contributed by atoms with van der Waals surface area (Å²) in [6.07, 6.45) is 2.79. The second-order valence-corrected chi connectivity index (χ2v) is 4.95. The zero-order valence-corrected chi connectivity index (χ0v) is 11.5. The van der Waals surface area contributed by atoms with Gasteiger partial charge >= 0.3 is 0 Å². The van der Waals surface area contributed by atoms with Crippen LogP contribution in [0.3, 0.4) is 0 Å². The number of aromatic nitrogens is 1. The van der Waals surface area contributed by atoms with Crippen LogP contribution in [0.2, 0.25) is 0 Å². The van der Waals surface area contributed by atoms with Crippen LogP contribution in [0.1, 0.15) is 19.4 Å². The maximum absolute atomic E-state index is 5.68. The van der Waals surface area contributed by atoms with Crippen molar-refractivity contribution in [3.8, 4) is 0 Å². The van der Waals surface area contributed by atoms with Gasteiger partial charge in [0.2, 0.25) is 0 Å². The molecule has 2 N–H and O–H groups in total. The molecule has 0 aromatic carbocycles. The third-order valence-corrected chi connectivity index (χ3v) is 3.75. The fraction of sp³-hybridized carbons (Fsp3) is 0.643. The average molecular weight is 248 g/mol. The second kappa shape index (κ2) is 6.16. The zero-order chi connectivity index (χ0) is 13.0. The lowest BCUT2D eigenvalue weighted by Crippen LogP contribution is -2.52. The standard InChI is InChI=1S/C14H24N4/c1-3-17-9-10-18(11-12(17)2)14-13(6-7-15)5-4-8-16-14/h4-5,8,12H,3,6-7,9-11,15H2,1-2H3. The third-order valence-electron chi connectivity index (χ3n) is 3.75. The Hall–Kier alpha value is -1.13. The van der Waals surface area contributed by atoms with Gasteiger partial charge in [0, 0.05) is 31.9 Å². The molecule has 0 radical (unpaired) electrons. The van der Waals surface area contributed by atoms with Crippen molar-refractivity contribution in [3.63, 3.8) is 0 Å².